The number of likely N-dealkylation sites (N-methyl/N-ethyl adjacent to an activating group) is 1. The number of nitrogens with one attached hydrogen (secondary N) is 1. The standard InChI is InChI=1S/C16H20N2S/c1-11-8-12(10-18-9-11)16(17-2)14-4-3-5-15-13(14)6-7-19-15/h6-10,14,16-17H,3-5H2,1-2H3. The van der Waals surface area contributed by atoms with E-state index in [4.69, 9.17) is 0 Å². The second kappa shape index (κ2) is 5.43. The van der Waals surface area contributed by atoms with Crippen LogP contribution in [0, 0.1) is 6.92 Å². The average molecular weight is 272 g/mol. The van der Waals surface area contributed by atoms with E-state index in [1.807, 2.05) is 23.7 Å². The van der Waals surface area contributed by atoms with Crippen molar-refractivity contribution >= 4 is 11.3 Å². The van der Waals surface area contributed by atoms with Gasteiger partial charge in [-0.1, -0.05) is 6.07 Å². The van der Waals surface area contributed by atoms with Gasteiger partial charge in [-0.15, -0.1) is 11.3 Å². The Morgan fingerprint density at radius 2 is 2.32 bits per heavy atom. The first-order valence-corrected chi connectivity index (χ1v) is 7.82. The molecule has 2 heterocycles. The van der Waals surface area contributed by atoms with Gasteiger partial charge in [-0.2, -0.15) is 0 Å². The summed E-state index contributed by atoms with van der Waals surface area (Å²) >= 11 is 1.91. The molecule has 2 aromatic rings. The van der Waals surface area contributed by atoms with Crippen molar-refractivity contribution in [1.82, 2.24) is 10.3 Å². The van der Waals surface area contributed by atoms with Crippen LogP contribution in [0.1, 0.15) is 46.4 Å². The van der Waals surface area contributed by atoms with Crippen molar-refractivity contribution in [3.8, 4) is 0 Å². The summed E-state index contributed by atoms with van der Waals surface area (Å²) in [7, 11) is 2.06. The summed E-state index contributed by atoms with van der Waals surface area (Å²) in [6.07, 6.45) is 7.76. The van der Waals surface area contributed by atoms with Crippen LogP contribution >= 0.6 is 11.3 Å². The zero-order valence-corrected chi connectivity index (χ0v) is 12.3. The number of fused-ring (bicyclic) bond motifs is 1. The number of aryl methyl sites for hydroxylation is 2. The van der Waals surface area contributed by atoms with E-state index in [1.54, 1.807) is 10.4 Å². The molecule has 3 heteroatoms. The highest BCUT2D eigenvalue weighted by Gasteiger charge is 2.28. The number of hydrogen-bond donors (Lipinski definition) is 1. The summed E-state index contributed by atoms with van der Waals surface area (Å²) < 4.78 is 0. The van der Waals surface area contributed by atoms with Gasteiger partial charge in [-0.25, -0.2) is 0 Å². The summed E-state index contributed by atoms with van der Waals surface area (Å²) in [5.74, 6) is 0.587. The van der Waals surface area contributed by atoms with Crippen LogP contribution in [0.15, 0.2) is 29.9 Å². The van der Waals surface area contributed by atoms with Crippen molar-refractivity contribution in [2.45, 2.75) is 38.1 Å². The molecular formula is C16H20N2S. The van der Waals surface area contributed by atoms with Crippen molar-refractivity contribution in [1.29, 1.82) is 0 Å². The zero-order valence-electron chi connectivity index (χ0n) is 11.5. The van der Waals surface area contributed by atoms with Crippen molar-refractivity contribution in [2.24, 2.45) is 0 Å². The number of pyridine rings is 1. The summed E-state index contributed by atoms with van der Waals surface area (Å²) in [6, 6.07) is 4.95. The fourth-order valence-corrected chi connectivity index (χ4v) is 4.21. The predicted molar refractivity (Wildman–Crippen MR) is 80.8 cm³/mol. The van der Waals surface area contributed by atoms with E-state index in [9.17, 15) is 0 Å². The van der Waals surface area contributed by atoms with Crippen LogP contribution in [0.3, 0.4) is 0 Å². The number of thiophene rings is 1. The highest BCUT2D eigenvalue weighted by atomic mass is 32.1. The van der Waals surface area contributed by atoms with E-state index >= 15 is 0 Å². The summed E-state index contributed by atoms with van der Waals surface area (Å²) in [5, 5.41) is 5.75. The molecule has 0 fully saturated rings. The molecule has 0 aromatic carbocycles. The van der Waals surface area contributed by atoms with E-state index in [1.165, 1.54) is 30.4 Å². The maximum Gasteiger partial charge on any atom is 0.0402 e. The normalized spacial score (nSPS) is 20.0. The molecule has 1 N–H and O–H groups in total. The van der Waals surface area contributed by atoms with E-state index in [0.717, 1.165) is 0 Å². The van der Waals surface area contributed by atoms with Crippen molar-refractivity contribution in [3.05, 3.63) is 51.5 Å². The van der Waals surface area contributed by atoms with Gasteiger partial charge in [-0.05, 0) is 61.4 Å². The largest absolute Gasteiger partial charge is 0.312 e. The average Bonchev–Trinajstić information content (AvgIpc) is 2.89. The van der Waals surface area contributed by atoms with Gasteiger partial charge in [-0.3, -0.25) is 4.98 Å². The Morgan fingerprint density at radius 1 is 1.42 bits per heavy atom. The van der Waals surface area contributed by atoms with E-state index in [-0.39, 0.29) is 0 Å². The molecule has 19 heavy (non-hydrogen) atoms. The first kappa shape index (κ1) is 12.8. The second-order valence-electron chi connectivity index (χ2n) is 5.36. The smallest absolute Gasteiger partial charge is 0.0402 e. The second-order valence-corrected chi connectivity index (χ2v) is 6.36. The van der Waals surface area contributed by atoms with Crippen LogP contribution in [-0.2, 0) is 6.42 Å². The molecular weight excluding hydrogens is 252 g/mol. The predicted octanol–water partition coefficient (Wildman–Crippen LogP) is 3.83. The minimum atomic E-state index is 0.376. The van der Waals surface area contributed by atoms with Crippen LogP contribution < -0.4 is 5.32 Å². The van der Waals surface area contributed by atoms with Gasteiger partial charge in [0.1, 0.15) is 0 Å². The minimum Gasteiger partial charge on any atom is -0.312 e. The van der Waals surface area contributed by atoms with Crippen LogP contribution in [0.2, 0.25) is 0 Å². The SMILES string of the molecule is CNC(c1cncc(C)c1)C1CCCc2sccc21. The Morgan fingerprint density at radius 3 is 3.11 bits per heavy atom. The van der Waals surface area contributed by atoms with Crippen LogP contribution in [0.4, 0.5) is 0 Å². The third-order valence-electron chi connectivity index (χ3n) is 4.07. The third kappa shape index (κ3) is 2.45. The van der Waals surface area contributed by atoms with Crippen molar-refractivity contribution in [3.63, 3.8) is 0 Å². The van der Waals surface area contributed by atoms with Crippen LogP contribution in [-0.4, -0.2) is 12.0 Å². The molecule has 2 nitrogen and oxygen atoms in total. The lowest BCUT2D eigenvalue weighted by molar-refractivity contribution is 0.427. The Labute approximate surface area is 118 Å². The Hall–Kier alpha value is -1.19. The molecule has 0 amide bonds. The first-order valence-electron chi connectivity index (χ1n) is 6.94. The Kier molecular flexibility index (Phi) is 3.67. The number of hydrogen-bond acceptors (Lipinski definition) is 3. The Balaban J connectivity index is 1.96. The third-order valence-corrected chi connectivity index (χ3v) is 5.06. The molecule has 0 aliphatic heterocycles. The lowest BCUT2D eigenvalue weighted by Crippen LogP contribution is -2.26. The summed E-state index contributed by atoms with van der Waals surface area (Å²) in [5.41, 5.74) is 4.10. The molecule has 0 bridgehead atoms. The lowest BCUT2D eigenvalue weighted by Gasteiger charge is -2.30. The van der Waals surface area contributed by atoms with E-state index in [2.05, 4.69) is 41.8 Å². The lowest BCUT2D eigenvalue weighted by atomic mass is 9.80. The molecule has 3 rings (SSSR count). The molecule has 1 aliphatic carbocycles. The fourth-order valence-electron chi connectivity index (χ4n) is 3.22. The van der Waals surface area contributed by atoms with Gasteiger partial charge in [0.05, 0.1) is 0 Å². The molecule has 100 valence electrons. The van der Waals surface area contributed by atoms with Gasteiger partial charge >= 0.3 is 0 Å². The van der Waals surface area contributed by atoms with Crippen molar-refractivity contribution < 1.29 is 0 Å². The van der Waals surface area contributed by atoms with Gasteiger partial charge in [0.15, 0.2) is 0 Å². The van der Waals surface area contributed by atoms with E-state index < -0.39 is 0 Å². The number of nitrogens with zero attached hydrogens (tertiary/aromatic N) is 1. The highest BCUT2D eigenvalue weighted by Crippen LogP contribution is 2.42. The maximum atomic E-state index is 4.35. The first-order chi connectivity index (χ1) is 9.29. The highest BCUT2D eigenvalue weighted by molar-refractivity contribution is 7.10. The number of rotatable bonds is 3. The molecule has 1 aliphatic rings. The maximum absolute atomic E-state index is 4.35. The zero-order chi connectivity index (χ0) is 13.2. The minimum absolute atomic E-state index is 0.376. The topological polar surface area (TPSA) is 24.9 Å². The molecule has 2 unspecified atom stereocenters. The summed E-state index contributed by atoms with van der Waals surface area (Å²) in [4.78, 5) is 5.93. The molecule has 0 radical (unpaired) electrons. The van der Waals surface area contributed by atoms with Gasteiger partial charge in [0.25, 0.3) is 0 Å². The fraction of sp³-hybridized carbons (Fsp3) is 0.438. The molecule has 2 aromatic heterocycles. The van der Waals surface area contributed by atoms with Gasteiger partial charge in [0.2, 0.25) is 0 Å². The van der Waals surface area contributed by atoms with Gasteiger partial charge < -0.3 is 5.32 Å². The van der Waals surface area contributed by atoms with Crippen molar-refractivity contribution in [2.75, 3.05) is 7.05 Å². The quantitative estimate of drug-likeness (QED) is 0.918. The molecule has 0 saturated heterocycles. The number of aromatic nitrogens is 1. The van der Waals surface area contributed by atoms with E-state index in [0.29, 0.717) is 12.0 Å². The van der Waals surface area contributed by atoms with Crippen LogP contribution in [0.5, 0.6) is 0 Å². The Bertz CT molecular complexity index is 561. The molecule has 2 atom stereocenters. The monoisotopic (exact) mass is 272 g/mol. The van der Waals surface area contributed by atoms with Gasteiger partial charge in [0, 0.05) is 29.2 Å². The summed E-state index contributed by atoms with van der Waals surface area (Å²) in [6.45, 7) is 2.11. The molecule has 0 spiro atoms. The molecule has 0 saturated carbocycles. The van der Waals surface area contributed by atoms with Crippen LogP contribution in [0.25, 0.3) is 0 Å².